The highest BCUT2D eigenvalue weighted by Gasteiger charge is 2.34. The molecule has 136 valence electrons. The van der Waals surface area contributed by atoms with Crippen LogP contribution < -0.4 is 5.32 Å². The van der Waals surface area contributed by atoms with E-state index in [1.165, 1.54) is 16.2 Å². The average molecular weight is 372 g/mol. The van der Waals surface area contributed by atoms with Crippen molar-refractivity contribution < 1.29 is 14.4 Å². The van der Waals surface area contributed by atoms with Crippen molar-refractivity contribution in [2.24, 2.45) is 0 Å². The molecule has 0 spiro atoms. The van der Waals surface area contributed by atoms with Crippen molar-refractivity contribution in [1.29, 1.82) is 0 Å². The Kier molecular flexibility index (Phi) is 5.41. The van der Waals surface area contributed by atoms with Crippen LogP contribution in [0.2, 0.25) is 0 Å². The van der Waals surface area contributed by atoms with E-state index in [-0.39, 0.29) is 30.7 Å². The van der Waals surface area contributed by atoms with E-state index < -0.39 is 0 Å². The van der Waals surface area contributed by atoms with Gasteiger partial charge in [0.25, 0.3) is 11.8 Å². The summed E-state index contributed by atoms with van der Waals surface area (Å²) >= 11 is 1.37. The highest BCUT2D eigenvalue weighted by atomic mass is 32.1. The van der Waals surface area contributed by atoms with Gasteiger partial charge >= 0.3 is 0 Å². The van der Waals surface area contributed by atoms with Gasteiger partial charge in [-0.15, -0.1) is 10.2 Å². The third-order valence-electron chi connectivity index (χ3n) is 4.09. The molecule has 0 saturated heterocycles. The van der Waals surface area contributed by atoms with Gasteiger partial charge in [-0.25, -0.2) is 0 Å². The lowest BCUT2D eigenvalue weighted by Gasteiger charge is -2.13. The van der Waals surface area contributed by atoms with E-state index in [4.69, 9.17) is 0 Å². The van der Waals surface area contributed by atoms with Gasteiger partial charge in [-0.2, -0.15) is 0 Å². The molecule has 2 heterocycles. The average Bonchev–Trinajstić information content (AvgIpc) is 3.13. The number of rotatable bonds is 7. The van der Waals surface area contributed by atoms with Crippen LogP contribution in [0.5, 0.6) is 0 Å². The topological polar surface area (TPSA) is 92.3 Å². The van der Waals surface area contributed by atoms with Gasteiger partial charge in [0.05, 0.1) is 11.1 Å². The number of hydrogen-bond acceptors (Lipinski definition) is 6. The number of carbonyl (C=O) groups excluding carboxylic acids is 3. The normalized spacial score (nSPS) is 13.2. The number of imide groups is 1. The molecule has 8 heteroatoms. The Morgan fingerprint density at radius 3 is 2.73 bits per heavy atom. The predicted molar refractivity (Wildman–Crippen MR) is 98.3 cm³/mol. The summed E-state index contributed by atoms with van der Waals surface area (Å²) in [6, 6.07) is 5.22. The number of anilines is 1. The van der Waals surface area contributed by atoms with Crippen molar-refractivity contribution in [2.75, 3.05) is 11.9 Å². The van der Waals surface area contributed by atoms with Crippen LogP contribution in [0, 0.1) is 6.92 Å². The second-order valence-electron chi connectivity index (χ2n) is 6.21. The fraction of sp³-hybridized carbons (Fsp3) is 0.389. The lowest BCUT2D eigenvalue weighted by molar-refractivity contribution is -0.116. The number of carbonyl (C=O) groups is 3. The molecular formula is C18H20N4O3S. The number of aromatic nitrogens is 2. The second-order valence-corrected chi connectivity index (χ2v) is 7.28. The molecule has 0 saturated carbocycles. The molecule has 0 unspecified atom stereocenters. The number of benzene rings is 1. The lowest BCUT2D eigenvalue weighted by Crippen LogP contribution is -2.31. The number of nitrogens with one attached hydrogen (secondary N) is 1. The van der Waals surface area contributed by atoms with E-state index in [0.717, 1.165) is 23.4 Å². The van der Waals surface area contributed by atoms with Gasteiger partial charge in [0.2, 0.25) is 11.0 Å². The molecule has 0 atom stereocenters. The molecule has 0 aliphatic carbocycles. The lowest BCUT2D eigenvalue weighted by atomic mass is 10.1. The van der Waals surface area contributed by atoms with Gasteiger partial charge in [0.15, 0.2) is 0 Å². The fourth-order valence-electron chi connectivity index (χ4n) is 2.81. The van der Waals surface area contributed by atoms with E-state index in [0.29, 0.717) is 22.7 Å². The van der Waals surface area contributed by atoms with Crippen LogP contribution in [0.3, 0.4) is 0 Å². The molecule has 1 aliphatic rings. The second kappa shape index (κ2) is 7.74. The number of hydrogen-bond donors (Lipinski definition) is 1. The highest BCUT2D eigenvalue weighted by Crippen LogP contribution is 2.24. The molecule has 2 aromatic rings. The molecule has 3 rings (SSSR count). The standard InChI is InChI=1S/C18H20N4O3S/c1-3-5-15-20-21-18(26-15)19-14(23)6-4-9-22-16(24)12-8-7-11(2)10-13(12)17(22)25/h7-8,10H,3-6,9H2,1-2H3,(H,19,21,23). The minimum absolute atomic E-state index is 0.198. The molecule has 1 aliphatic heterocycles. The van der Waals surface area contributed by atoms with Crippen molar-refractivity contribution in [2.45, 2.75) is 39.5 Å². The Morgan fingerprint density at radius 1 is 1.19 bits per heavy atom. The maximum Gasteiger partial charge on any atom is 0.261 e. The molecule has 0 radical (unpaired) electrons. The molecule has 1 aromatic carbocycles. The smallest absolute Gasteiger partial charge is 0.261 e. The maximum absolute atomic E-state index is 12.4. The molecule has 0 fully saturated rings. The monoisotopic (exact) mass is 372 g/mol. The Bertz CT molecular complexity index is 862. The molecule has 26 heavy (non-hydrogen) atoms. The first-order chi connectivity index (χ1) is 12.5. The van der Waals surface area contributed by atoms with E-state index >= 15 is 0 Å². The molecule has 0 bridgehead atoms. The minimum atomic E-state index is -0.293. The highest BCUT2D eigenvalue weighted by molar-refractivity contribution is 7.15. The number of nitrogens with zero attached hydrogens (tertiary/aromatic N) is 3. The van der Waals surface area contributed by atoms with Crippen molar-refractivity contribution in [1.82, 2.24) is 15.1 Å². The van der Waals surface area contributed by atoms with Gasteiger partial charge in [-0.05, 0) is 31.9 Å². The zero-order valence-electron chi connectivity index (χ0n) is 14.7. The van der Waals surface area contributed by atoms with Crippen molar-refractivity contribution in [3.05, 3.63) is 39.9 Å². The molecule has 1 aromatic heterocycles. The zero-order valence-corrected chi connectivity index (χ0v) is 15.6. The predicted octanol–water partition coefficient (Wildman–Crippen LogP) is 2.81. The molecular weight excluding hydrogens is 352 g/mol. The Labute approximate surface area is 155 Å². The third kappa shape index (κ3) is 3.80. The van der Waals surface area contributed by atoms with Crippen LogP contribution in [0.15, 0.2) is 18.2 Å². The summed E-state index contributed by atoms with van der Waals surface area (Å²) in [5.41, 5.74) is 1.81. The van der Waals surface area contributed by atoms with Crippen LogP contribution in [0.1, 0.15) is 57.5 Å². The zero-order chi connectivity index (χ0) is 18.7. The number of fused-ring (bicyclic) bond motifs is 1. The van der Waals surface area contributed by atoms with E-state index in [1.54, 1.807) is 12.1 Å². The Hall–Kier alpha value is -2.61. The molecule has 1 N–H and O–H groups in total. The Balaban J connectivity index is 1.51. The minimum Gasteiger partial charge on any atom is -0.301 e. The van der Waals surface area contributed by atoms with Crippen molar-refractivity contribution >= 4 is 34.2 Å². The third-order valence-corrected chi connectivity index (χ3v) is 4.99. The summed E-state index contributed by atoms with van der Waals surface area (Å²) in [5.74, 6) is -0.780. The van der Waals surface area contributed by atoms with Gasteiger partial charge in [0, 0.05) is 19.4 Å². The summed E-state index contributed by atoms with van der Waals surface area (Å²) in [7, 11) is 0. The maximum atomic E-state index is 12.4. The summed E-state index contributed by atoms with van der Waals surface area (Å²) < 4.78 is 0. The largest absolute Gasteiger partial charge is 0.301 e. The quantitative estimate of drug-likeness (QED) is 0.755. The molecule has 7 nitrogen and oxygen atoms in total. The van der Waals surface area contributed by atoms with Gasteiger partial charge in [0.1, 0.15) is 5.01 Å². The summed E-state index contributed by atoms with van der Waals surface area (Å²) in [6.07, 6.45) is 2.42. The Morgan fingerprint density at radius 2 is 1.96 bits per heavy atom. The van der Waals surface area contributed by atoms with Crippen molar-refractivity contribution in [3.63, 3.8) is 0 Å². The van der Waals surface area contributed by atoms with Crippen LogP contribution in [0.4, 0.5) is 5.13 Å². The number of aryl methyl sites for hydroxylation is 2. The van der Waals surface area contributed by atoms with Gasteiger partial charge in [-0.3, -0.25) is 19.3 Å². The summed E-state index contributed by atoms with van der Waals surface area (Å²) in [6.45, 7) is 4.15. The van der Waals surface area contributed by atoms with E-state index in [1.807, 2.05) is 13.0 Å². The first kappa shape index (κ1) is 18.2. The SMILES string of the molecule is CCCc1nnc(NC(=O)CCCN2C(=O)c3ccc(C)cc3C2=O)s1. The van der Waals surface area contributed by atoms with Crippen LogP contribution in [-0.4, -0.2) is 39.4 Å². The van der Waals surface area contributed by atoms with E-state index in [9.17, 15) is 14.4 Å². The number of amides is 3. The molecule has 3 amide bonds. The summed E-state index contributed by atoms with van der Waals surface area (Å²) in [4.78, 5) is 37.9. The van der Waals surface area contributed by atoms with Crippen LogP contribution in [-0.2, 0) is 11.2 Å². The van der Waals surface area contributed by atoms with Crippen LogP contribution >= 0.6 is 11.3 Å². The van der Waals surface area contributed by atoms with Crippen molar-refractivity contribution in [3.8, 4) is 0 Å². The fourth-order valence-corrected chi connectivity index (χ4v) is 3.66. The van der Waals surface area contributed by atoms with E-state index in [2.05, 4.69) is 22.4 Å². The first-order valence-electron chi connectivity index (χ1n) is 8.58. The van der Waals surface area contributed by atoms with Crippen LogP contribution in [0.25, 0.3) is 0 Å². The first-order valence-corrected chi connectivity index (χ1v) is 9.40. The van der Waals surface area contributed by atoms with Gasteiger partial charge < -0.3 is 5.32 Å². The van der Waals surface area contributed by atoms with Gasteiger partial charge in [-0.1, -0.05) is 29.9 Å². The summed E-state index contributed by atoms with van der Waals surface area (Å²) in [5, 5.41) is 12.0.